The normalized spacial score (nSPS) is 17.3. The van der Waals surface area contributed by atoms with E-state index < -0.39 is 0 Å². The van der Waals surface area contributed by atoms with Crippen molar-refractivity contribution in [3.8, 4) is 0 Å². The maximum atomic E-state index is 9.87. The predicted octanol–water partition coefficient (Wildman–Crippen LogP) is 0.896. The molecule has 9 heteroatoms. The monoisotopic (exact) mass is 332 g/mol. The van der Waals surface area contributed by atoms with Crippen LogP contribution in [0.5, 0.6) is 0 Å². The van der Waals surface area contributed by atoms with Crippen LogP contribution in [0.4, 0.5) is 23.5 Å². The van der Waals surface area contributed by atoms with Crippen LogP contribution in [0.1, 0.15) is 19.8 Å². The Labute approximate surface area is 140 Å². The van der Waals surface area contributed by atoms with Crippen LogP contribution in [-0.4, -0.2) is 64.9 Å². The Morgan fingerprint density at radius 1 is 1.08 bits per heavy atom. The van der Waals surface area contributed by atoms with E-state index in [0.29, 0.717) is 35.3 Å². The predicted molar refractivity (Wildman–Crippen MR) is 95.8 cm³/mol. The maximum Gasteiger partial charge on any atom is 0.225 e. The lowest BCUT2D eigenvalue weighted by atomic mass is 10.3. The van der Waals surface area contributed by atoms with Gasteiger partial charge in [-0.05, 0) is 12.8 Å². The Morgan fingerprint density at radius 3 is 2.42 bits per heavy atom. The number of anilines is 4. The van der Waals surface area contributed by atoms with Crippen molar-refractivity contribution in [2.45, 2.75) is 25.9 Å². The summed E-state index contributed by atoms with van der Waals surface area (Å²) in [6, 6.07) is 0. The van der Waals surface area contributed by atoms with Crippen molar-refractivity contribution in [1.82, 2.24) is 19.9 Å². The molecule has 1 aliphatic heterocycles. The zero-order valence-electron chi connectivity index (χ0n) is 14.3. The molecule has 1 fully saturated rings. The lowest BCUT2D eigenvalue weighted by Crippen LogP contribution is -2.23. The molecule has 0 bridgehead atoms. The summed E-state index contributed by atoms with van der Waals surface area (Å²) < 4.78 is 0. The summed E-state index contributed by atoms with van der Waals surface area (Å²) in [5.41, 5.74) is 1.36. The molecule has 2 aromatic rings. The Hall–Kier alpha value is -2.42. The first kappa shape index (κ1) is 16.4. The van der Waals surface area contributed by atoms with E-state index in [1.165, 1.54) is 0 Å². The molecule has 0 saturated carbocycles. The fourth-order valence-corrected chi connectivity index (χ4v) is 2.75. The topological polar surface area (TPSA) is 111 Å². The summed E-state index contributed by atoms with van der Waals surface area (Å²) >= 11 is 0. The van der Waals surface area contributed by atoms with Gasteiger partial charge in [-0.2, -0.15) is 9.97 Å². The molecule has 0 aliphatic carbocycles. The van der Waals surface area contributed by atoms with Crippen molar-refractivity contribution in [1.29, 1.82) is 0 Å². The summed E-state index contributed by atoms with van der Waals surface area (Å²) in [4.78, 5) is 20.2. The molecule has 3 heterocycles. The molecule has 1 aliphatic rings. The van der Waals surface area contributed by atoms with E-state index in [9.17, 15) is 5.11 Å². The quantitative estimate of drug-likeness (QED) is 0.613. The van der Waals surface area contributed by atoms with Gasteiger partial charge in [0.05, 0.1) is 6.10 Å². The van der Waals surface area contributed by atoms with Crippen molar-refractivity contribution in [3.05, 3.63) is 0 Å². The van der Waals surface area contributed by atoms with E-state index in [1.54, 1.807) is 14.1 Å². The number of nitrogens with one attached hydrogen (secondary N) is 3. The molecular weight excluding hydrogens is 308 g/mol. The highest BCUT2D eigenvalue weighted by molar-refractivity contribution is 5.94. The first-order valence-electron chi connectivity index (χ1n) is 8.28. The van der Waals surface area contributed by atoms with Gasteiger partial charge in [0.15, 0.2) is 11.6 Å². The van der Waals surface area contributed by atoms with Crippen LogP contribution in [0.15, 0.2) is 0 Å². The van der Waals surface area contributed by atoms with Crippen LogP contribution in [0.2, 0.25) is 0 Å². The van der Waals surface area contributed by atoms with Crippen molar-refractivity contribution >= 4 is 34.6 Å². The SMILES string of the molecule is CCCNc1nc(NC)nc2c(N3CCC(O)C3)nc(NC)nc12. The molecular formula is C15H24N8O. The third-order valence-electron chi connectivity index (χ3n) is 3.98. The molecule has 24 heavy (non-hydrogen) atoms. The summed E-state index contributed by atoms with van der Waals surface area (Å²) in [6.45, 7) is 4.19. The zero-order chi connectivity index (χ0) is 17.1. The van der Waals surface area contributed by atoms with Crippen LogP contribution in [0.25, 0.3) is 11.0 Å². The number of hydrogen-bond donors (Lipinski definition) is 4. The fourth-order valence-electron chi connectivity index (χ4n) is 2.75. The molecule has 1 atom stereocenters. The van der Waals surface area contributed by atoms with Gasteiger partial charge < -0.3 is 26.0 Å². The second kappa shape index (κ2) is 7.00. The molecule has 0 spiro atoms. The molecule has 1 unspecified atom stereocenters. The van der Waals surface area contributed by atoms with E-state index >= 15 is 0 Å². The number of rotatable bonds is 6. The second-order valence-electron chi connectivity index (χ2n) is 5.78. The molecule has 0 amide bonds. The van der Waals surface area contributed by atoms with E-state index in [4.69, 9.17) is 0 Å². The summed E-state index contributed by atoms with van der Waals surface area (Å²) in [6.07, 6.45) is 1.37. The molecule has 3 rings (SSSR count). The first-order chi connectivity index (χ1) is 11.7. The van der Waals surface area contributed by atoms with Gasteiger partial charge >= 0.3 is 0 Å². The minimum Gasteiger partial charge on any atom is -0.391 e. The Morgan fingerprint density at radius 2 is 1.79 bits per heavy atom. The van der Waals surface area contributed by atoms with Gasteiger partial charge in [-0.1, -0.05) is 6.92 Å². The lowest BCUT2D eigenvalue weighted by Gasteiger charge is -2.20. The first-order valence-corrected chi connectivity index (χ1v) is 8.28. The summed E-state index contributed by atoms with van der Waals surface area (Å²) in [5.74, 6) is 2.44. The van der Waals surface area contributed by atoms with Gasteiger partial charge in [-0.25, -0.2) is 9.97 Å². The van der Waals surface area contributed by atoms with Crippen LogP contribution >= 0.6 is 0 Å². The number of aliphatic hydroxyl groups is 1. The van der Waals surface area contributed by atoms with Gasteiger partial charge in [0.25, 0.3) is 0 Å². The summed E-state index contributed by atoms with van der Waals surface area (Å²) in [5, 5.41) is 19.2. The highest BCUT2D eigenvalue weighted by Gasteiger charge is 2.26. The molecule has 0 radical (unpaired) electrons. The zero-order valence-corrected chi connectivity index (χ0v) is 14.3. The minimum atomic E-state index is -0.337. The number of β-amino-alcohol motifs (C(OH)–C–C–N with tert-alkyl or cyclic N) is 1. The third-order valence-corrected chi connectivity index (χ3v) is 3.98. The van der Waals surface area contributed by atoms with Gasteiger partial charge in [-0.3, -0.25) is 0 Å². The van der Waals surface area contributed by atoms with Crippen LogP contribution < -0.4 is 20.9 Å². The molecule has 0 aromatic carbocycles. The Balaban J connectivity index is 2.18. The number of fused-ring (bicyclic) bond motifs is 1. The smallest absolute Gasteiger partial charge is 0.225 e. The molecule has 130 valence electrons. The van der Waals surface area contributed by atoms with Crippen LogP contribution in [-0.2, 0) is 0 Å². The summed E-state index contributed by atoms with van der Waals surface area (Å²) in [7, 11) is 3.57. The highest BCUT2D eigenvalue weighted by Crippen LogP contribution is 2.30. The standard InChI is InChI=1S/C15H24N8O/c1-4-6-18-12-10-11(20-14(16-2)21-12)13(22-15(17-3)19-10)23-7-5-9(24)8-23/h9,24H,4-8H2,1-3H3,(H,17,19,22)(H2,16,18,20,21). The number of aliphatic hydroxyl groups excluding tert-OH is 1. The molecule has 9 nitrogen and oxygen atoms in total. The van der Waals surface area contributed by atoms with E-state index in [-0.39, 0.29) is 6.10 Å². The molecule has 2 aromatic heterocycles. The number of nitrogens with zero attached hydrogens (tertiary/aromatic N) is 5. The van der Waals surface area contributed by atoms with Crippen molar-refractivity contribution in [2.75, 3.05) is 54.6 Å². The van der Waals surface area contributed by atoms with E-state index in [0.717, 1.165) is 31.7 Å². The van der Waals surface area contributed by atoms with Gasteiger partial charge in [0.1, 0.15) is 11.0 Å². The van der Waals surface area contributed by atoms with E-state index in [2.05, 4.69) is 42.8 Å². The fraction of sp³-hybridized carbons (Fsp3) is 0.600. The number of hydrogen-bond acceptors (Lipinski definition) is 9. The lowest BCUT2D eigenvalue weighted by molar-refractivity contribution is 0.198. The van der Waals surface area contributed by atoms with Gasteiger partial charge in [0.2, 0.25) is 11.9 Å². The van der Waals surface area contributed by atoms with Crippen molar-refractivity contribution in [3.63, 3.8) is 0 Å². The highest BCUT2D eigenvalue weighted by atomic mass is 16.3. The van der Waals surface area contributed by atoms with E-state index in [1.807, 2.05) is 4.90 Å². The van der Waals surface area contributed by atoms with Gasteiger partial charge in [0, 0.05) is 33.7 Å². The van der Waals surface area contributed by atoms with Crippen molar-refractivity contribution < 1.29 is 5.11 Å². The van der Waals surface area contributed by atoms with Crippen molar-refractivity contribution in [2.24, 2.45) is 0 Å². The second-order valence-corrected chi connectivity index (χ2v) is 5.78. The third kappa shape index (κ3) is 3.12. The Bertz CT molecular complexity index is 722. The molecule has 4 N–H and O–H groups in total. The maximum absolute atomic E-state index is 9.87. The average Bonchev–Trinajstić information content (AvgIpc) is 3.04. The van der Waals surface area contributed by atoms with Crippen LogP contribution in [0.3, 0.4) is 0 Å². The largest absolute Gasteiger partial charge is 0.391 e. The molecule has 1 saturated heterocycles. The van der Waals surface area contributed by atoms with Gasteiger partial charge in [-0.15, -0.1) is 0 Å². The minimum absolute atomic E-state index is 0.337. The number of aromatic nitrogens is 4. The van der Waals surface area contributed by atoms with Crippen LogP contribution in [0, 0.1) is 0 Å². The Kier molecular flexibility index (Phi) is 4.79. The average molecular weight is 332 g/mol.